The summed E-state index contributed by atoms with van der Waals surface area (Å²) in [6.07, 6.45) is 6.29. The topological polar surface area (TPSA) is 43.4 Å². The van der Waals surface area contributed by atoms with Gasteiger partial charge in [0, 0.05) is 0 Å². The number of ether oxygens (including phenoxy) is 1. The van der Waals surface area contributed by atoms with E-state index >= 15 is 0 Å². The van der Waals surface area contributed by atoms with E-state index in [0.717, 1.165) is 25.7 Å². The second kappa shape index (κ2) is 3.19. The summed E-state index contributed by atoms with van der Waals surface area (Å²) >= 11 is 0. The molecule has 0 saturated carbocycles. The molecule has 3 rings (SSSR count). The molecule has 0 aromatic rings. The van der Waals surface area contributed by atoms with Gasteiger partial charge >= 0.3 is 11.9 Å². The Balaban J connectivity index is 1.91. The molecule has 0 spiro atoms. The summed E-state index contributed by atoms with van der Waals surface area (Å²) in [5, 5.41) is 0. The van der Waals surface area contributed by atoms with Crippen molar-refractivity contribution in [2.45, 2.75) is 38.5 Å². The van der Waals surface area contributed by atoms with Gasteiger partial charge < -0.3 is 4.74 Å². The van der Waals surface area contributed by atoms with Crippen molar-refractivity contribution in [2.24, 2.45) is 11.8 Å². The van der Waals surface area contributed by atoms with Crippen LogP contribution in [0.25, 0.3) is 0 Å². The number of hydrogen-bond acceptors (Lipinski definition) is 3. The maximum atomic E-state index is 11.4. The van der Waals surface area contributed by atoms with Crippen LogP contribution in [-0.4, -0.2) is 11.9 Å². The lowest BCUT2D eigenvalue weighted by atomic mass is 9.72. The average molecular weight is 206 g/mol. The minimum Gasteiger partial charge on any atom is -0.393 e. The van der Waals surface area contributed by atoms with Gasteiger partial charge in [-0.1, -0.05) is 11.1 Å². The molecule has 0 amide bonds. The minimum absolute atomic E-state index is 0.158. The van der Waals surface area contributed by atoms with Gasteiger partial charge in [0.15, 0.2) is 0 Å². The smallest absolute Gasteiger partial charge is 0.317 e. The number of allylic oxidation sites excluding steroid dienone is 2. The Hall–Kier alpha value is -1.12. The fourth-order valence-corrected chi connectivity index (χ4v) is 3.08. The van der Waals surface area contributed by atoms with Crippen molar-refractivity contribution in [1.29, 1.82) is 0 Å². The molecule has 3 nitrogen and oxygen atoms in total. The maximum absolute atomic E-state index is 11.4. The van der Waals surface area contributed by atoms with Crippen LogP contribution in [0.5, 0.6) is 0 Å². The largest absolute Gasteiger partial charge is 0.393 e. The molecule has 1 fully saturated rings. The quantitative estimate of drug-likeness (QED) is 0.346. The van der Waals surface area contributed by atoms with Crippen LogP contribution in [0.2, 0.25) is 0 Å². The monoisotopic (exact) mass is 206 g/mol. The van der Waals surface area contributed by atoms with Gasteiger partial charge in [-0.2, -0.15) is 0 Å². The molecule has 1 heterocycles. The average Bonchev–Trinajstić information content (AvgIpc) is 2.52. The molecule has 0 aromatic carbocycles. The molecule has 3 aliphatic rings. The summed E-state index contributed by atoms with van der Waals surface area (Å²) in [5.41, 5.74) is 2.88. The number of hydrogen-bond donors (Lipinski definition) is 0. The summed E-state index contributed by atoms with van der Waals surface area (Å²) in [6.45, 7) is 0. The van der Waals surface area contributed by atoms with Crippen molar-refractivity contribution in [1.82, 2.24) is 0 Å². The van der Waals surface area contributed by atoms with Crippen LogP contribution < -0.4 is 0 Å². The van der Waals surface area contributed by atoms with Crippen molar-refractivity contribution in [3.63, 3.8) is 0 Å². The highest BCUT2D eigenvalue weighted by Crippen LogP contribution is 2.44. The van der Waals surface area contributed by atoms with E-state index in [1.54, 1.807) is 0 Å². The van der Waals surface area contributed by atoms with E-state index in [4.69, 9.17) is 4.74 Å². The summed E-state index contributed by atoms with van der Waals surface area (Å²) in [7, 11) is 0. The second-order valence-corrected chi connectivity index (χ2v) is 4.78. The first kappa shape index (κ1) is 9.13. The molecule has 2 aliphatic carbocycles. The number of fused-ring (bicyclic) bond motifs is 1. The predicted octanol–water partition coefficient (Wildman–Crippen LogP) is 1.97. The van der Waals surface area contributed by atoms with E-state index in [-0.39, 0.29) is 23.8 Å². The molecule has 0 aromatic heterocycles. The lowest BCUT2D eigenvalue weighted by Gasteiger charge is -2.29. The number of rotatable bonds is 0. The van der Waals surface area contributed by atoms with E-state index in [1.807, 2.05) is 0 Å². The number of carbonyl (C=O) groups is 2. The van der Waals surface area contributed by atoms with E-state index in [2.05, 4.69) is 0 Å². The van der Waals surface area contributed by atoms with Gasteiger partial charge in [-0.25, -0.2) is 0 Å². The molecular weight excluding hydrogens is 192 g/mol. The molecule has 0 radical (unpaired) electrons. The zero-order chi connectivity index (χ0) is 10.4. The van der Waals surface area contributed by atoms with Gasteiger partial charge in [0.05, 0.1) is 11.8 Å². The van der Waals surface area contributed by atoms with Crippen LogP contribution in [0.3, 0.4) is 0 Å². The van der Waals surface area contributed by atoms with Gasteiger partial charge in [0.1, 0.15) is 0 Å². The van der Waals surface area contributed by atoms with Crippen LogP contribution in [0.1, 0.15) is 38.5 Å². The molecule has 2 unspecified atom stereocenters. The molecule has 1 saturated heterocycles. The fourth-order valence-electron chi connectivity index (χ4n) is 3.08. The van der Waals surface area contributed by atoms with Gasteiger partial charge in [0.25, 0.3) is 0 Å². The van der Waals surface area contributed by atoms with Crippen LogP contribution in [0.4, 0.5) is 0 Å². The predicted molar refractivity (Wildman–Crippen MR) is 52.8 cm³/mol. The van der Waals surface area contributed by atoms with Crippen molar-refractivity contribution < 1.29 is 14.3 Å². The van der Waals surface area contributed by atoms with E-state index in [0.29, 0.717) is 0 Å². The van der Waals surface area contributed by atoms with Gasteiger partial charge in [0.2, 0.25) is 0 Å². The molecule has 3 heteroatoms. The van der Waals surface area contributed by atoms with E-state index in [1.165, 1.54) is 24.0 Å². The van der Waals surface area contributed by atoms with Crippen molar-refractivity contribution >= 4 is 11.9 Å². The van der Waals surface area contributed by atoms with Crippen molar-refractivity contribution in [2.75, 3.05) is 0 Å². The maximum Gasteiger partial charge on any atom is 0.317 e. The molecule has 1 aliphatic heterocycles. The summed E-state index contributed by atoms with van der Waals surface area (Å²) < 4.78 is 4.71. The van der Waals surface area contributed by atoms with Crippen molar-refractivity contribution in [3.8, 4) is 0 Å². The SMILES string of the molecule is O=C1OC(=O)C2CC3=C(CCCC3)CC12. The molecule has 15 heavy (non-hydrogen) atoms. The molecule has 0 bridgehead atoms. The highest BCUT2D eigenvalue weighted by atomic mass is 16.6. The van der Waals surface area contributed by atoms with Crippen LogP contribution in [-0.2, 0) is 14.3 Å². The van der Waals surface area contributed by atoms with Gasteiger partial charge in [-0.05, 0) is 38.5 Å². The Labute approximate surface area is 88.5 Å². The Bertz CT molecular complexity index is 333. The number of carbonyl (C=O) groups excluding carboxylic acids is 2. The second-order valence-electron chi connectivity index (χ2n) is 4.78. The Kier molecular flexibility index (Phi) is 1.94. The lowest BCUT2D eigenvalue weighted by molar-refractivity contribution is -0.153. The number of esters is 2. The molecule has 2 atom stereocenters. The first-order valence-corrected chi connectivity index (χ1v) is 5.71. The first-order valence-electron chi connectivity index (χ1n) is 5.71. The zero-order valence-corrected chi connectivity index (χ0v) is 8.62. The summed E-state index contributed by atoms with van der Waals surface area (Å²) in [4.78, 5) is 22.9. The third-order valence-electron chi connectivity index (χ3n) is 3.93. The minimum atomic E-state index is -0.290. The standard InChI is InChI=1S/C12H14O3/c13-11-9-5-7-3-1-2-4-8(7)6-10(9)12(14)15-11/h9-10H,1-6H2. The van der Waals surface area contributed by atoms with E-state index in [9.17, 15) is 9.59 Å². The molecule has 0 N–H and O–H groups in total. The van der Waals surface area contributed by atoms with Crippen LogP contribution >= 0.6 is 0 Å². The molecule has 80 valence electrons. The normalized spacial score (nSPS) is 34.9. The Morgan fingerprint density at radius 1 is 0.867 bits per heavy atom. The summed E-state index contributed by atoms with van der Waals surface area (Å²) in [5.74, 6) is -0.895. The van der Waals surface area contributed by atoms with Crippen LogP contribution in [0.15, 0.2) is 11.1 Å². The summed E-state index contributed by atoms with van der Waals surface area (Å²) in [6, 6.07) is 0. The van der Waals surface area contributed by atoms with Crippen LogP contribution in [0, 0.1) is 11.8 Å². The van der Waals surface area contributed by atoms with Gasteiger partial charge in [-0.15, -0.1) is 0 Å². The third kappa shape index (κ3) is 1.33. The van der Waals surface area contributed by atoms with Gasteiger partial charge in [-0.3, -0.25) is 9.59 Å². The first-order chi connectivity index (χ1) is 7.25. The highest BCUT2D eigenvalue weighted by molar-refractivity contribution is 5.97. The molecular formula is C12H14O3. The third-order valence-corrected chi connectivity index (χ3v) is 3.93. The Morgan fingerprint density at radius 2 is 1.33 bits per heavy atom. The van der Waals surface area contributed by atoms with Crippen molar-refractivity contribution in [3.05, 3.63) is 11.1 Å². The fraction of sp³-hybridized carbons (Fsp3) is 0.667. The lowest BCUT2D eigenvalue weighted by Crippen LogP contribution is -2.25. The van der Waals surface area contributed by atoms with E-state index < -0.39 is 0 Å². The number of cyclic esters (lactones) is 2. The highest BCUT2D eigenvalue weighted by Gasteiger charge is 2.47. The Morgan fingerprint density at radius 3 is 1.80 bits per heavy atom. The zero-order valence-electron chi connectivity index (χ0n) is 8.62.